The maximum atomic E-state index is 11.6. The number of hydrogen-bond acceptors (Lipinski definition) is 3. The lowest BCUT2D eigenvalue weighted by Gasteiger charge is -2.12. The average molecular weight is 277 g/mol. The predicted octanol–water partition coefficient (Wildman–Crippen LogP) is 2.72. The summed E-state index contributed by atoms with van der Waals surface area (Å²) in [5, 5.41) is 2.80. The van der Waals surface area contributed by atoms with Crippen molar-refractivity contribution in [2.45, 2.75) is 26.2 Å². The van der Waals surface area contributed by atoms with E-state index in [0.717, 1.165) is 24.8 Å². The van der Waals surface area contributed by atoms with Crippen molar-refractivity contribution in [1.82, 2.24) is 5.32 Å². The first-order valence-electron chi connectivity index (χ1n) is 6.88. The van der Waals surface area contributed by atoms with Crippen molar-refractivity contribution in [3.63, 3.8) is 0 Å². The van der Waals surface area contributed by atoms with Gasteiger partial charge in [-0.15, -0.1) is 6.58 Å². The van der Waals surface area contributed by atoms with E-state index in [1.807, 2.05) is 24.3 Å². The summed E-state index contributed by atoms with van der Waals surface area (Å²) >= 11 is 0. The normalized spacial score (nSPS) is 9.90. The highest BCUT2D eigenvalue weighted by Gasteiger charge is 2.08. The van der Waals surface area contributed by atoms with E-state index >= 15 is 0 Å². The Morgan fingerprint density at radius 1 is 1.40 bits per heavy atom. The number of allylic oxidation sites excluding steroid dienone is 1. The largest absolute Gasteiger partial charge is 0.493 e. The Morgan fingerprint density at radius 2 is 2.20 bits per heavy atom. The van der Waals surface area contributed by atoms with E-state index < -0.39 is 0 Å². The number of methoxy groups -OCH3 is 1. The number of carbonyl (C=O) groups excluding carboxylic acids is 1. The molecule has 1 rings (SSSR count). The molecular formula is C16H23NO3. The lowest BCUT2D eigenvalue weighted by Crippen LogP contribution is -2.29. The minimum absolute atomic E-state index is 0.000872. The molecule has 110 valence electrons. The standard InChI is InChI=1S/C16H23NO3/c1-4-6-10-17-16(18)12-20-14-9-8-13(7-5-2)11-15(14)19-3/h5,8-9,11H,2,4,6-7,10,12H2,1,3H3,(H,17,18). The molecule has 0 heterocycles. The molecule has 0 saturated heterocycles. The monoisotopic (exact) mass is 277 g/mol. The lowest BCUT2D eigenvalue weighted by molar-refractivity contribution is -0.123. The number of benzene rings is 1. The maximum Gasteiger partial charge on any atom is 0.257 e. The van der Waals surface area contributed by atoms with Crippen LogP contribution in [0.2, 0.25) is 0 Å². The van der Waals surface area contributed by atoms with E-state index in [1.54, 1.807) is 7.11 Å². The van der Waals surface area contributed by atoms with E-state index in [4.69, 9.17) is 9.47 Å². The number of unbranched alkanes of at least 4 members (excludes halogenated alkanes) is 1. The van der Waals surface area contributed by atoms with Crippen molar-refractivity contribution in [2.75, 3.05) is 20.3 Å². The molecule has 0 bridgehead atoms. The van der Waals surface area contributed by atoms with Crippen molar-refractivity contribution in [1.29, 1.82) is 0 Å². The smallest absolute Gasteiger partial charge is 0.257 e. The van der Waals surface area contributed by atoms with Crippen molar-refractivity contribution in [2.24, 2.45) is 0 Å². The Hall–Kier alpha value is -1.97. The van der Waals surface area contributed by atoms with Gasteiger partial charge in [0.25, 0.3) is 5.91 Å². The van der Waals surface area contributed by atoms with Gasteiger partial charge < -0.3 is 14.8 Å². The van der Waals surface area contributed by atoms with Crippen LogP contribution in [-0.4, -0.2) is 26.2 Å². The number of hydrogen-bond donors (Lipinski definition) is 1. The fraction of sp³-hybridized carbons (Fsp3) is 0.438. The molecule has 1 aromatic rings. The molecule has 4 heteroatoms. The van der Waals surface area contributed by atoms with Gasteiger partial charge in [0.05, 0.1) is 7.11 Å². The first kappa shape index (κ1) is 16.1. The van der Waals surface area contributed by atoms with Gasteiger partial charge in [-0.05, 0) is 30.5 Å². The number of rotatable bonds is 9. The third-order valence-electron chi connectivity index (χ3n) is 2.82. The summed E-state index contributed by atoms with van der Waals surface area (Å²) in [4.78, 5) is 11.6. The summed E-state index contributed by atoms with van der Waals surface area (Å²) in [5.74, 6) is 1.09. The Balaban J connectivity index is 2.54. The zero-order chi connectivity index (χ0) is 14.8. The molecule has 4 nitrogen and oxygen atoms in total. The van der Waals surface area contributed by atoms with Gasteiger partial charge in [-0.25, -0.2) is 0 Å². The second-order valence-electron chi connectivity index (χ2n) is 4.47. The Labute approximate surface area is 120 Å². The molecule has 0 radical (unpaired) electrons. The van der Waals surface area contributed by atoms with Gasteiger partial charge >= 0.3 is 0 Å². The molecule has 0 aliphatic carbocycles. The first-order chi connectivity index (χ1) is 9.71. The van der Waals surface area contributed by atoms with Crippen LogP contribution < -0.4 is 14.8 Å². The molecule has 0 aromatic heterocycles. The van der Waals surface area contributed by atoms with Crippen LogP contribution in [0.3, 0.4) is 0 Å². The summed E-state index contributed by atoms with van der Waals surface area (Å²) in [6.07, 6.45) is 4.63. The molecule has 0 fully saturated rings. The van der Waals surface area contributed by atoms with E-state index in [2.05, 4.69) is 18.8 Å². The van der Waals surface area contributed by atoms with Gasteiger partial charge in [-0.1, -0.05) is 25.5 Å². The molecule has 20 heavy (non-hydrogen) atoms. The van der Waals surface area contributed by atoms with Crippen molar-refractivity contribution in [3.8, 4) is 11.5 Å². The van der Waals surface area contributed by atoms with Gasteiger partial charge in [-0.2, -0.15) is 0 Å². The van der Waals surface area contributed by atoms with Gasteiger partial charge in [0, 0.05) is 6.54 Å². The third-order valence-corrected chi connectivity index (χ3v) is 2.82. The fourth-order valence-electron chi connectivity index (χ4n) is 1.72. The minimum atomic E-state index is -0.115. The molecular weight excluding hydrogens is 254 g/mol. The quantitative estimate of drug-likeness (QED) is 0.557. The predicted molar refractivity (Wildman–Crippen MR) is 80.3 cm³/mol. The number of nitrogens with one attached hydrogen (secondary N) is 1. The summed E-state index contributed by atoms with van der Waals surface area (Å²) < 4.78 is 10.8. The zero-order valence-electron chi connectivity index (χ0n) is 12.3. The minimum Gasteiger partial charge on any atom is -0.493 e. The Kier molecular flexibility index (Phi) is 7.25. The van der Waals surface area contributed by atoms with E-state index in [0.29, 0.717) is 18.0 Å². The molecule has 0 unspecified atom stereocenters. The number of carbonyl (C=O) groups is 1. The summed E-state index contributed by atoms with van der Waals surface area (Å²) in [6.45, 7) is 6.48. The molecule has 0 aliphatic rings. The highest BCUT2D eigenvalue weighted by Crippen LogP contribution is 2.28. The zero-order valence-corrected chi connectivity index (χ0v) is 12.3. The maximum absolute atomic E-state index is 11.6. The molecule has 0 spiro atoms. The van der Waals surface area contributed by atoms with Gasteiger partial charge in [0.15, 0.2) is 18.1 Å². The number of ether oxygens (including phenoxy) is 2. The molecule has 1 aromatic carbocycles. The van der Waals surface area contributed by atoms with Crippen LogP contribution in [0.1, 0.15) is 25.3 Å². The van der Waals surface area contributed by atoms with Gasteiger partial charge in [0.1, 0.15) is 0 Å². The molecule has 0 aliphatic heterocycles. The Bertz CT molecular complexity index is 443. The second-order valence-corrected chi connectivity index (χ2v) is 4.47. The summed E-state index contributed by atoms with van der Waals surface area (Å²) in [7, 11) is 1.58. The third kappa shape index (κ3) is 5.34. The van der Waals surface area contributed by atoms with Crippen LogP contribution in [-0.2, 0) is 11.2 Å². The SMILES string of the molecule is C=CCc1ccc(OCC(=O)NCCCC)c(OC)c1. The van der Waals surface area contributed by atoms with Crippen molar-refractivity contribution < 1.29 is 14.3 Å². The first-order valence-corrected chi connectivity index (χ1v) is 6.88. The van der Waals surface area contributed by atoms with Crippen LogP contribution in [0.15, 0.2) is 30.9 Å². The fourth-order valence-corrected chi connectivity index (χ4v) is 1.72. The molecule has 1 N–H and O–H groups in total. The van der Waals surface area contributed by atoms with Gasteiger partial charge in [-0.3, -0.25) is 4.79 Å². The van der Waals surface area contributed by atoms with E-state index in [-0.39, 0.29) is 12.5 Å². The Morgan fingerprint density at radius 3 is 2.85 bits per heavy atom. The van der Waals surface area contributed by atoms with Crippen molar-refractivity contribution in [3.05, 3.63) is 36.4 Å². The van der Waals surface area contributed by atoms with Crippen LogP contribution in [0.25, 0.3) is 0 Å². The highest BCUT2D eigenvalue weighted by atomic mass is 16.5. The van der Waals surface area contributed by atoms with Crippen LogP contribution >= 0.6 is 0 Å². The van der Waals surface area contributed by atoms with Gasteiger partial charge in [0.2, 0.25) is 0 Å². The average Bonchev–Trinajstić information content (AvgIpc) is 2.46. The molecule has 1 amide bonds. The summed E-state index contributed by atoms with van der Waals surface area (Å²) in [5.41, 5.74) is 1.09. The van der Waals surface area contributed by atoms with Crippen molar-refractivity contribution >= 4 is 5.91 Å². The lowest BCUT2D eigenvalue weighted by atomic mass is 10.1. The van der Waals surface area contributed by atoms with E-state index in [1.165, 1.54) is 0 Å². The number of amides is 1. The second kappa shape index (κ2) is 9.02. The van der Waals surface area contributed by atoms with E-state index in [9.17, 15) is 4.79 Å². The van der Waals surface area contributed by atoms with Crippen LogP contribution in [0, 0.1) is 0 Å². The topological polar surface area (TPSA) is 47.6 Å². The van der Waals surface area contributed by atoms with Crippen LogP contribution in [0.4, 0.5) is 0 Å². The molecule has 0 saturated carbocycles. The molecule has 0 atom stereocenters. The summed E-state index contributed by atoms with van der Waals surface area (Å²) in [6, 6.07) is 5.65. The highest BCUT2D eigenvalue weighted by molar-refractivity contribution is 5.77. The van der Waals surface area contributed by atoms with Crippen LogP contribution in [0.5, 0.6) is 11.5 Å².